The number of aromatic nitrogens is 2. The van der Waals surface area contributed by atoms with E-state index in [0.29, 0.717) is 0 Å². The Morgan fingerprint density at radius 1 is 1.69 bits per heavy atom. The molecule has 4 nitrogen and oxygen atoms in total. The average Bonchev–Trinajstić information content (AvgIpc) is 2.54. The van der Waals surface area contributed by atoms with Gasteiger partial charge in [0.05, 0.1) is 18.8 Å². The van der Waals surface area contributed by atoms with Crippen molar-refractivity contribution >= 4 is 0 Å². The summed E-state index contributed by atoms with van der Waals surface area (Å²) < 4.78 is 1.74. The minimum atomic E-state index is 0.0219. The van der Waals surface area contributed by atoms with Crippen LogP contribution in [0.1, 0.15) is 24.9 Å². The van der Waals surface area contributed by atoms with Gasteiger partial charge in [0.15, 0.2) is 0 Å². The molecule has 0 spiro atoms. The van der Waals surface area contributed by atoms with E-state index < -0.39 is 0 Å². The van der Waals surface area contributed by atoms with E-state index in [1.54, 1.807) is 10.9 Å². The Hall–Kier alpha value is -0.870. The van der Waals surface area contributed by atoms with Crippen LogP contribution in [0.2, 0.25) is 0 Å². The lowest BCUT2D eigenvalue weighted by molar-refractivity contribution is 0.245. The molecule has 4 heteroatoms. The van der Waals surface area contributed by atoms with Gasteiger partial charge in [0.2, 0.25) is 0 Å². The molecule has 1 atom stereocenters. The number of aliphatic hydroxyl groups is 1. The first-order valence-corrected chi connectivity index (χ1v) is 4.60. The molecule has 1 aromatic heterocycles. The average molecular weight is 183 g/mol. The molecule has 0 radical (unpaired) electrons. The number of nitrogens with one attached hydrogen (secondary N) is 1. The smallest absolute Gasteiger partial charge is 0.0627 e. The molecule has 0 aliphatic heterocycles. The molecule has 2 N–H and O–H groups in total. The van der Waals surface area contributed by atoms with Crippen LogP contribution in [0.4, 0.5) is 0 Å². The Balaban J connectivity index is 2.56. The maximum atomic E-state index is 9.12. The highest BCUT2D eigenvalue weighted by atomic mass is 16.3. The first kappa shape index (κ1) is 10.2. The number of nitrogens with zero attached hydrogens (tertiary/aromatic N) is 2. The van der Waals surface area contributed by atoms with Gasteiger partial charge in [-0.05, 0) is 13.0 Å². The lowest BCUT2D eigenvalue weighted by Crippen LogP contribution is -2.24. The van der Waals surface area contributed by atoms with Gasteiger partial charge in [-0.3, -0.25) is 4.68 Å². The van der Waals surface area contributed by atoms with Crippen LogP contribution in [0.3, 0.4) is 0 Å². The lowest BCUT2D eigenvalue weighted by atomic mass is 10.2. The Morgan fingerprint density at radius 2 is 2.46 bits per heavy atom. The van der Waals surface area contributed by atoms with Crippen molar-refractivity contribution in [2.24, 2.45) is 7.05 Å². The van der Waals surface area contributed by atoms with Gasteiger partial charge in [-0.15, -0.1) is 0 Å². The highest BCUT2D eigenvalue weighted by molar-refractivity contribution is 5.10. The molecule has 0 aliphatic rings. The van der Waals surface area contributed by atoms with Gasteiger partial charge in [0.25, 0.3) is 0 Å². The maximum absolute atomic E-state index is 9.12. The normalized spacial score (nSPS) is 13.2. The zero-order valence-electron chi connectivity index (χ0n) is 8.20. The summed E-state index contributed by atoms with van der Waals surface area (Å²) in [6.45, 7) is 3.14. The van der Waals surface area contributed by atoms with Crippen molar-refractivity contribution in [2.45, 2.75) is 19.4 Å². The third-order valence-electron chi connectivity index (χ3n) is 1.95. The monoisotopic (exact) mass is 183 g/mol. The summed E-state index contributed by atoms with van der Waals surface area (Å²) in [4.78, 5) is 0. The first-order valence-electron chi connectivity index (χ1n) is 4.60. The minimum absolute atomic E-state index is 0.0219. The van der Waals surface area contributed by atoms with Gasteiger partial charge in [-0.25, -0.2) is 0 Å². The van der Waals surface area contributed by atoms with Gasteiger partial charge in [-0.1, -0.05) is 6.92 Å². The molecule has 74 valence electrons. The predicted molar refractivity (Wildman–Crippen MR) is 51.3 cm³/mol. The van der Waals surface area contributed by atoms with Crippen LogP contribution in [0.15, 0.2) is 12.4 Å². The fourth-order valence-corrected chi connectivity index (χ4v) is 1.23. The summed E-state index contributed by atoms with van der Waals surface area (Å²) >= 11 is 0. The van der Waals surface area contributed by atoms with Crippen molar-refractivity contribution in [1.82, 2.24) is 15.1 Å². The molecule has 1 heterocycles. The van der Waals surface area contributed by atoms with E-state index >= 15 is 0 Å². The van der Waals surface area contributed by atoms with Crippen molar-refractivity contribution in [3.05, 3.63) is 18.0 Å². The highest BCUT2D eigenvalue weighted by Gasteiger charge is 2.10. The van der Waals surface area contributed by atoms with Crippen LogP contribution in [0.5, 0.6) is 0 Å². The third kappa shape index (κ3) is 2.82. The van der Waals surface area contributed by atoms with Gasteiger partial charge in [0, 0.05) is 18.8 Å². The number of aryl methyl sites for hydroxylation is 1. The van der Waals surface area contributed by atoms with Crippen molar-refractivity contribution in [3.63, 3.8) is 0 Å². The van der Waals surface area contributed by atoms with Crippen LogP contribution >= 0.6 is 0 Å². The summed E-state index contributed by atoms with van der Waals surface area (Å²) in [6.07, 6.45) is 4.77. The Morgan fingerprint density at radius 3 is 2.92 bits per heavy atom. The molecular formula is C9H17N3O. The second-order valence-electron chi connectivity index (χ2n) is 3.14. The van der Waals surface area contributed by atoms with Gasteiger partial charge >= 0.3 is 0 Å². The minimum Gasteiger partial charge on any atom is -0.394 e. The summed E-state index contributed by atoms with van der Waals surface area (Å²) in [6, 6.07) is 0.0219. The molecule has 0 bridgehead atoms. The SMILES string of the molecule is CCCNC(CO)c1cnn(C)c1. The number of hydrogen-bond donors (Lipinski definition) is 2. The Kier molecular flexibility index (Phi) is 3.92. The summed E-state index contributed by atoms with van der Waals surface area (Å²) in [5, 5.41) is 16.4. The molecule has 13 heavy (non-hydrogen) atoms. The third-order valence-corrected chi connectivity index (χ3v) is 1.95. The maximum Gasteiger partial charge on any atom is 0.0627 e. The van der Waals surface area contributed by atoms with Crippen LogP contribution in [-0.4, -0.2) is 28.0 Å². The quantitative estimate of drug-likeness (QED) is 0.697. The zero-order valence-corrected chi connectivity index (χ0v) is 8.20. The van der Waals surface area contributed by atoms with E-state index in [1.807, 2.05) is 13.2 Å². The van der Waals surface area contributed by atoms with E-state index in [2.05, 4.69) is 17.3 Å². The fourth-order valence-electron chi connectivity index (χ4n) is 1.23. The second kappa shape index (κ2) is 4.99. The second-order valence-corrected chi connectivity index (χ2v) is 3.14. The molecule has 0 amide bonds. The highest BCUT2D eigenvalue weighted by Crippen LogP contribution is 2.10. The van der Waals surface area contributed by atoms with Crippen molar-refractivity contribution < 1.29 is 5.11 Å². The fraction of sp³-hybridized carbons (Fsp3) is 0.667. The standard InChI is InChI=1S/C9H17N3O/c1-3-4-10-9(7-13)8-5-11-12(2)6-8/h5-6,9-10,13H,3-4,7H2,1-2H3. The van der Waals surface area contributed by atoms with E-state index in [4.69, 9.17) is 5.11 Å². The Bertz CT molecular complexity index is 247. The van der Waals surface area contributed by atoms with E-state index in [0.717, 1.165) is 18.5 Å². The van der Waals surface area contributed by atoms with Crippen LogP contribution in [-0.2, 0) is 7.05 Å². The number of aliphatic hydroxyl groups excluding tert-OH is 1. The molecule has 1 rings (SSSR count). The zero-order chi connectivity index (χ0) is 9.68. The van der Waals surface area contributed by atoms with Crippen molar-refractivity contribution in [2.75, 3.05) is 13.2 Å². The largest absolute Gasteiger partial charge is 0.394 e. The van der Waals surface area contributed by atoms with E-state index in [1.165, 1.54) is 0 Å². The van der Waals surface area contributed by atoms with Crippen LogP contribution in [0, 0.1) is 0 Å². The lowest BCUT2D eigenvalue weighted by Gasteiger charge is -2.13. The van der Waals surface area contributed by atoms with Crippen LogP contribution in [0.25, 0.3) is 0 Å². The molecular weight excluding hydrogens is 166 g/mol. The summed E-state index contributed by atoms with van der Waals surface area (Å²) in [7, 11) is 1.87. The molecule has 1 unspecified atom stereocenters. The van der Waals surface area contributed by atoms with Crippen molar-refractivity contribution in [3.8, 4) is 0 Å². The molecule has 0 fully saturated rings. The van der Waals surface area contributed by atoms with E-state index in [9.17, 15) is 0 Å². The summed E-state index contributed by atoms with van der Waals surface area (Å²) in [5.74, 6) is 0. The number of hydrogen-bond acceptors (Lipinski definition) is 3. The molecule has 0 aromatic carbocycles. The van der Waals surface area contributed by atoms with Gasteiger partial charge < -0.3 is 10.4 Å². The predicted octanol–water partition coefficient (Wildman–Crippen LogP) is 0.453. The van der Waals surface area contributed by atoms with E-state index in [-0.39, 0.29) is 12.6 Å². The molecule has 0 saturated heterocycles. The Labute approximate surface area is 78.6 Å². The molecule has 0 saturated carbocycles. The van der Waals surface area contributed by atoms with Gasteiger partial charge in [0.1, 0.15) is 0 Å². The number of rotatable bonds is 5. The first-order chi connectivity index (χ1) is 6.27. The topological polar surface area (TPSA) is 50.1 Å². The van der Waals surface area contributed by atoms with Crippen LogP contribution < -0.4 is 5.32 Å². The summed E-state index contributed by atoms with van der Waals surface area (Å²) in [5.41, 5.74) is 1.04. The molecule has 1 aromatic rings. The molecule has 0 aliphatic carbocycles. The van der Waals surface area contributed by atoms with Crippen molar-refractivity contribution in [1.29, 1.82) is 0 Å². The van der Waals surface area contributed by atoms with Gasteiger partial charge in [-0.2, -0.15) is 5.10 Å².